The van der Waals surface area contributed by atoms with E-state index in [4.69, 9.17) is 11.6 Å². The first kappa shape index (κ1) is 12.6. The SMILES string of the molecule is CC.CC(=O)C(C)(C)CCl. The van der Waals surface area contributed by atoms with Crippen molar-refractivity contribution in [1.29, 1.82) is 0 Å². The van der Waals surface area contributed by atoms with E-state index in [9.17, 15) is 4.79 Å². The standard InChI is InChI=1S/C6H11ClO.C2H6/c1-5(8)6(2,3)4-7;1-2/h4H2,1-3H3;1-2H3. The second-order valence-electron chi connectivity index (χ2n) is 2.57. The largest absolute Gasteiger partial charge is 0.299 e. The van der Waals surface area contributed by atoms with Gasteiger partial charge >= 0.3 is 0 Å². The lowest BCUT2D eigenvalue weighted by Crippen LogP contribution is -2.22. The van der Waals surface area contributed by atoms with Crippen LogP contribution in [0, 0.1) is 5.41 Å². The zero-order valence-electron chi connectivity index (χ0n) is 7.49. The van der Waals surface area contributed by atoms with Crippen molar-refractivity contribution < 1.29 is 4.79 Å². The number of alkyl halides is 1. The summed E-state index contributed by atoms with van der Waals surface area (Å²) >= 11 is 5.47. The van der Waals surface area contributed by atoms with E-state index in [1.165, 1.54) is 0 Å². The van der Waals surface area contributed by atoms with Crippen LogP contribution in [0.3, 0.4) is 0 Å². The molecule has 10 heavy (non-hydrogen) atoms. The summed E-state index contributed by atoms with van der Waals surface area (Å²) in [5, 5.41) is 0. The van der Waals surface area contributed by atoms with Crippen molar-refractivity contribution >= 4 is 17.4 Å². The van der Waals surface area contributed by atoms with Crippen molar-refractivity contribution in [1.82, 2.24) is 0 Å². The Kier molecular flexibility index (Phi) is 7.22. The van der Waals surface area contributed by atoms with Crippen molar-refractivity contribution in [3.63, 3.8) is 0 Å². The molecule has 0 rings (SSSR count). The number of Topliss-reactive ketones (excluding diaryl/α,β-unsaturated/α-hetero) is 1. The molecule has 0 aliphatic rings. The lowest BCUT2D eigenvalue weighted by atomic mass is 9.92. The highest BCUT2D eigenvalue weighted by Gasteiger charge is 2.21. The first-order valence-electron chi connectivity index (χ1n) is 3.57. The molecule has 0 spiro atoms. The molecule has 2 heteroatoms. The van der Waals surface area contributed by atoms with Crippen LogP contribution < -0.4 is 0 Å². The fraction of sp³-hybridized carbons (Fsp3) is 0.875. The fourth-order valence-corrected chi connectivity index (χ4v) is 0.282. The van der Waals surface area contributed by atoms with Crippen LogP contribution in [0.2, 0.25) is 0 Å². The molecule has 0 saturated heterocycles. The minimum atomic E-state index is -0.332. The zero-order valence-corrected chi connectivity index (χ0v) is 8.25. The maximum atomic E-state index is 10.6. The molecule has 0 atom stereocenters. The summed E-state index contributed by atoms with van der Waals surface area (Å²) in [5.74, 6) is 0.551. The quantitative estimate of drug-likeness (QED) is 0.574. The van der Waals surface area contributed by atoms with E-state index in [0.717, 1.165) is 0 Å². The van der Waals surface area contributed by atoms with Gasteiger partial charge in [0, 0.05) is 11.3 Å². The molecule has 0 aliphatic heterocycles. The second-order valence-corrected chi connectivity index (χ2v) is 2.84. The molecule has 0 fully saturated rings. The number of ketones is 1. The maximum absolute atomic E-state index is 10.6. The average molecular weight is 165 g/mol. The van der Waals surface area contributed by atoms with Crippen LogP contribution in [0.4, 0.5) is 0 Å². The molecule has 1 nitrogen and oxygen atoms in total. The minimum Gasteiger partial charge on any atom is -0.299 e. The molecule has 0 bridgehead atoms. The van der Waals surface area contributed by atoms with Crippen LogP contribution in [0.15, 0.2) is 0 Å². The molecule has 0 radical (unpaired) electrons. The number of carbonyl (C=O) groups excluding carboxylic acids is 1. The van der Waals surface area contributed by atoms with Crippen molar-refractivity contribution in [2.75, 3.05) is 5.88 Å². The van der Waals surface area contributed by atoms with Crippen molar-refractivity contribution in [2.24, 2.45) is 5.41 Å². The fourth-order valence-electron chi connectivity index (χ4n) is 0.0941. The van der Waals surface area contributed by atoms with E-state index in [0.29, 0.717) is 5.88 Å². The topological polar surface area (TPSA) is 17.1 Å². The van der Waals surface area contributed by atoms with Crippen LogP contribution in [-0.2, 0) is 4.79 Å². The Hall–Kier alpha value is -0.0400. The Morgan fingerprint density at radius 3 is 1.70 bits per heavy atom. The minimum absolute atomic E-state index is 0.146. The molecule has 0 heterocycles. The summed E-state index contributed by atoms with van der Waals surface area (Å²) in [4.78, 5) is 10.6. The number of carbonyl (C=O) groups is 1. The van der Waals surface area contributed by atoms with Gasteiger partial charge in [-0.15, -0.1) is 11.6 Å². The summed E-state index contributed by atoms with van der Waals surface area (Å²) in [5.41, 5.74) is -0.332. The lowest BCUT2D eigenvalue weighted by molar-refractivity contribution is -0.123. The summed E-state index contributed by atoms with van der Waals surface area (Å²) in [6.45, 7) is 9.23. The molecule has 0 unspecified atom stereocenters. The Morgan fingerprint density at radius 2 is 1.70 bits per heavy atom. The molecular formula is C8H17ClO. The number of rotatable bonds is 2. The molecule has 0 aliphatic carbocycles. The molecule has 0 saturated carbocycles. The van der Waals surface area contributed by atoms with Crippen LogP contribution in [0.1, 0.15) is 34.6 Å². The molecule has 0 aromatic rings. The Balaban J connectivity index is 0. The normalized spacial score (nSPS) is 9.80. The van der Waals surface area contributed by atoms with Gasteiger partial charge in [0.15, 0.2) is 0 Å². The van der Waals surface area contributed by atoms with E-state index in [2.05, 4.69) is 0 Å². The predicted molar refractivity (Wildman–Crippen MR) is 46.5 cm³/mol. The third-order valence-corrected chi connectivity index (χ3v) is 1.96. The molecular weight excluding hydrogens is 148 g/mol. The van der Waals surface area contributed by atoms with Crippen LogP contribution in [0.5, 0.6) is 0 Å². The van der Waals surface area contributed by atoms with Crippen LogP contribution in [-0.4, -0.2) is 11.7 Å². The van der Waals surface area contributed by atoms with E-state index >= 15 is 0 Å². The van der Waals surface area contributed by atoms with E-state index in [1.807, 2.05) is 27.7 Å². The first-order valence-corrected chi connectivity index (χ1v) is 4.11. The van der Waals surface area contributed by atoms with Gasteiger partial charge in [0.25, 0.3) is 0 Å². The van der Waals surface area contributed by atoms with Crippen molar-refractivity contribution in [3.8, 4) is 0 Å². The number of hydrogen-bond acceptors (Lipinski definition) is 1. The maximum Gasteiger partial charge on any atom is 0.136 e. The van der Waals surface area contributed by atoms with E-state index < -0.39 is 0 Å². The van der Waals surface area contributed by atoms with Crippen LogP contribution >= 0.6 is 11.6 Å². The average Bonchev–Trinajstić information content (AvgIpc) is 1.92. The molecule has 0 aromatic carbocycles. The van der Waals surface area contributed by atoms with Gasteiger partial charge in [-0.3, -0.25) is 4.79 Å². The Bertz CT molecular complexity index is 97.4. The van der Waals surface area contributed by atoms with Gasteiger partial charge in [-0.05, 0) is 6.92 Å². The highest BCUT2D eigenvalue weighted by Crippen LogP contribution is 2.17. The highest BCUT2D eigenvalue weighted by molar-refractivity contribution is 6.19. The predicted octanol–water partition coefficient (Wildman–Crippen LogP) is 2.87. The summed E-state index contributed by atoms with van der Waals surface area (Å²) < 4.78 is 0. The third-order valence-electron chi connectivity index (χ3n) is 1.29. The monoisotopic (exact) mass is 164 g/mol. The smallest absolute Gasteiger partial charge is 0.136 e. The molecule has 0 amide bonds. The first-order chi connectivity index (χ1) is 4.50. The Labute approximate surface area is 68.8 Å². The highest BCUT2D eigenvalue weighted by atomic mass is 35.5. The van der Waals surface area contributed by atoms with Gasteiger partial charge in [0.2, 0.25) is 0 Å². The van der Waals surface area contributed by atoms with Gasteiger partial charge in [-0.1, -0.05) is 27.7 Å². The van der Waals surface area contributed by atoms with Gasteiger partial charge in [0.1, 0.15) is 5.78 Å². The van der Waals surface area contributed by atoms with Crippen LogP contribution in [0.25, 0.3) is 0 Å². The van der Waals surface area contributed by atoms with Gasteiger partial charge < -0.3 is 0 Å². The van der Waals surface area contributed by atoms with Crippen molar-refractivity contribution in [2.45, 2.75) is 34.6 Å². The van der Waals surface area contributed by atoms with Gasteiger partial charge in [-0.25, -0.2) is 0 Å². The third kappa shape index (κ3) is 4.80. The molecule has 62 valence electrons. The molecule has 0 aromatic heterocycles. The lowest BCUT2D eigenvalue weighted by Gasteiger charge is -2.15. The van der Waals surface area contributed by atoms with Gasteiger partial charge in [0.05, 0.1) is 0 Å². The van der Waals surface area contributed by atoms with Gasteiger partial charge in [-0.2, -0.15) is 0 Å². The molecule has 0 N–H and O–H groups in total. The zero-order chi connectivity index (χ0) is 8.78. The number of halogens is 1. The second kappa shape index (κ2) is 5.72. The van der Waals surface area contributed by atoms with E-state index in [1.54, 1.807) is 6.92 Å². The summed E-state index contributed by atoms with van der Waals surface area (Å²) in [6, 6.07) is 0. The Morgan fingerprint density at radius 1 is 1.40 bits per heavy atom. The van der Waals surface area contributed by atoms with Crippen molar-refractivity contribution in [3.05, 3.63) is 0 Å². The summed E-state index contributed by atoms with van der Waals surface area (Å²) in [6.07, 6.45) is 0. The summed E-state index contributed by atoms with van der Waals surface area (Å²) in [7, 11) is 0. The number of hydrogen-bond donors (Lipinski definition) is 0. The van der Waals surface area contributed by atoms with E-state index in [-0.39, 0.29) is 11.2 Å².